The standard InChI is InChI=1S/C14H22N2O/c15-13-7-6-12(10-13)14(17)16-9-8-11-4-2-1-3-5-11/h4,6-7,12-13H,1-3,5,8-10,15H2,(H,16,17). The van der Waals surface area contributed by atoms with Crippen LogP contribution in [-0.2, 0) is 4.79 Å². The Kier molecular flexibility index (Phi) is 4.37. The molecular weight excluding hydrogens is 212 g/mol. The number of nitrogens with two attached hydrogens (primary N) is 1. The van der Waals surface area contributed by atoms with Crippen LogP contribution in [0.3, 0.4) is 0 Å². The second-order valence-electron chi connectivity index (χ2n) is 5.04. The molecule has 0 aromatic heterocycles. The normalized spacial score (nSPS) is 27.9. The zero-order valence-corrected chi connectivity index (χ0v) is 10.3. The summed E-state index contributed by atoms with van der Waals surface area (Å²) in [5.74, 6) is 0.121. The lowest BCUT2D eigenvalue weighted by molar-refractivity contribution is -0.123. The summed E-state index contributed by atoms with van der Waals surface area (Å²) in [6, 6.07) is 0.0619. The molecule has 3 N–H and O–H groups in total. The van der Waals surface area contributed by atoms with Gasteiger partial charge in [-0.3, -0.25) is 4.79 Å². The Balaban J connectivity index is 1.66. The molecule has 0 fully saturated rings. The summed E-state index contributed by atoms with van der Waals surface area (Å²) in [5, 5.41) is 3.01. The number of amides is 1. The highest BCUT2D eigenvalue weighted by atomic mass is 16.1. The number of rotatable bonds is 4. The lowest BCUT2D eigenvalue weighted by Gasteiger charge is -2.14. The number of nitrogens with one attached hydrogen (secondary N) is 1. The van der Waals surface area contributed by atoms with Crippen LogP contribution in [0.2, 0.25) is 0 Å². The fourth-order valence-corrected chi connectivity index (χ4v) is 2.53. The van der Waals surface area contributed by atoms with Gasteiger partial charge in [0.1, 0.15) is 0 Å². The molecule has 1 amide bonds. The molecule has 0 bridgehead atoms. The Labute approximate surface area is 103 Å². The number of carbonyl (C=O) groups excluding carboxylic acids is 1. The van der Waals surface area contributed by atoms with E-state index in [9.17, 15) is 4.79 Å². The van der Waals surface area contributed by atoms with Crippen LogP contribution in [0, 0.1) is 5.92 Å². The van der Waals surface area contributed by atoms with E-state index >= 15 is 0 Å². The van der Waals surface area contributed by atoms with E-state index < -0.39 is 0 Å². The maximum atomic E-state index is 11.8. The molecule has 17 heavy (non-hydrogen) atoms. The molecule has 0 aromatic carbocycles. The van der Waals surface area contributed by atoms with Crippen LogP contribution >= 0.6 is 0 Å². The van der Waals surface area contributed by atoms with Crippen molar-refractivity contribution >= 4 is 5.91 Å². The minimum Gasteiger partial charge on any atom is -0.355 e. The Morgan fingerprint density at radius 2 is 2.29 bits per heavy atom. The number of hydrogen-bond acceptors (Lipinski definition) is 2. The lowest BCUT2D eigenvalue weighted by Crippen LogP contribution is -2.31. The van der Waals surface area contributed by atoms with Gasteiger partial charge in [0.25, 0.3) is 0 Å². The van der Waals surface area contributed by atoms with Crippen molar-refractivity contribution in [1.82, 2.24) is 5.32 Å². The maximum Gasteiger partial charge on any atom is 0.227 e. The molecule has 2 aliphatic rings. The molecule has 0 heterocycles. The summed E-state index contributed by atoms with van der Waals surface area (Å²) < 4.78 is 0. The Morgan fingerprint density at radius 1 is 1.41 bits per heavy atom. The third-order valence-corrected chi connectivity index (χ3v) is 3.58. The van der Waals surface area contributed by atoms with Gasteiger partial charge in [-0.15, -0.1) is 0 Å². The van der Waals surface area contributed by atoms with Crippen molar-refractivity contribution in [2.45, 2.75) is 44.6 Å². The van der Waals surface area contributed by atoms with E-state index in [4.69, 9.17) is 5.73 Å². The van der Waals surface area contributed by atoms with E-state index in [1.165, 1.54) is 31.3 Å². The molecule has 0 aromatic rings. The van der Waals surface area contributed by atoms with Gasteiger partial charge in [-0.2, -0.15) is 0 Å². The van der Waals surface area contributed by atoms with Gasteiger partial charge in [-0.1, -0.05) is 23.8 Å². The Hall–Kier alpha value is -1.09. The Morgan fingerprint density at radius 3 is 2.94 bits per heavy atom. The summed E-state index contributed by atoms with van der Waals surface area (Å²) in [7, 11) is 0. The third-order valence-electron chi connectivity index (χ3n) is 3.58. The average molecular weight is 234 g/mol. The van der Waals surface area contributed by atoms with Crippen LogP contribution < -0.4 is 11.1 Å². The van der Waals surface area contributed by atoms with Crippen molar-refractivity contribution in [3.8, 4) is 0 Å². The zero-order valence-electron chi connectivity index (χ0n) is 10.3. The third kappa shape index (κ3) is 3.70. The second-order valence-corrected chi connectivity index (χ2v) is 5.04. The van der Waals surface area contributed by atoms with Crippen LogP contribution in [0.1, 0.15) is 38.5 Å². The first kappa shape index (κ1) is 12.4. The predicted octanol–water partition coefficient (Wildman–Crippen LogP) is 1.90. The van der Waals surface area contributed by atoms with E-state index in [0.29, 0.717) is 0 Å². The number of hydrogen-bond donors (Lipinski definition) is 2. The largest absolute Gasteiger partial charge is 0.355 e. The number of allylic oxidation sites excluding steroid dienone is 1. The minimum absolute atomic E-state index is 0.00895. The first-order valence-corrected chi connectivity index (χ1v) is 6.65. The lowest BCUT2D eigenvalue weighted by atomic mass is 9.97. The van der Waals surface area contributed by atoms with E-state index in [-0.39, 0.29) is 17.9 Å². The van der Waals surface area contributed by atoms with Crippen molar-refractivity contribution in [3.63, 3.8) is 0 Å². The fraction of sp³-hybridized carbons (Fsp3) is 0.643. The van der Waals surface area contributed by atoms with Crippen molar-refractivity contribution in [1.29, 1.82) is 0 Å². The zero-order chi connectivity index (χ0) is 12.1. The molecule has 0 spiro atoms. The van der Waals surface area contributed by atoms with Gasteiger partial charge in [0, 0.05) is 12.6 Å². The van der Waals surface area contributed by atoms with Crippen LogP contribution in [0.4, 0.5) is 0 Å². The monoisotopic (exact) mass is 234 g/mol. The molecule has 2 unspecified atom stereocenters. The second kappa shape index (κ2) is 6.01. The van der Waals surface area contributed by atoms with Crippen molar-refractivity contribution in [2.24, 2.45) is 11.7 Å². The molecule has 0 saturated heterocycles. The summed E-state index contributed by atoms with van der Waals surface area (Å²) >= 11 is 0. The molecule has 94 valence electrons. The van der Waals surface area contributed by atoms with Crippen molar-refractivity contribution in [2.75, 3.05) is 6.54 Å². The highest BCUT2D eigenvalue weighted by molar-refractivity contribution is 5.81. The SMILES string of the molecule is NC1C=CC(C(=O)NCCC2=CCCCC2)C1. The van der Waals surface area contributed by atoms with Crippen LogP contribution in [0.15, 0.2) is 23.8 Å². The van der Waals surface area contributed by atoms with Gasteiger partial charge in [0.2, 0.25) is 5.91 Å². The quantitative estimate of drug-likeness (QED) is 0.730. The summed E-state index contributed by atoms with van der Waals surface area (Å²) in [5.41, 5.74) is 7.24. The van der Waals surface area contributed by atoms with E-state index in [2.05, 4.69) is 11.4 Å². The first-order chi connectivity index (χ1) is 8.25. The molecule has 2 rings (SSSR count). The van der Waals surface area contributed by atoms with Crippen molar-refractivity contribution < 1.29 is 4.79 Å². The van der Waals surface area contributed by atoms with Gasteiger partial charge >= 0.3 is 0 Å². The molecule has 0 saturated carbocycles. The fourth-order valence-electron chi connectivity index (χ4n) is 2.53. The first-order valence-electron chi connectivity index (χ1n) is 6.65. The average Bonchev–Trinajstić information content (AvgIpc) is 2.77. The van der Waals surface area contributed by atoms with Gasteiger partial charge in [0.15, 0.2) is 0 Å². The van der Waals surface area contributed by atoms with Crippen LogP contribution in [0.25, 0.3) is 0 Å². The van der Waals surface area contributed by atoms with Crippen LogP contribution in [0.5, 0.6) is 0 Å². The van der Waals surface area contributed by atoms with Gasteiger partial charge < -0.3 is 11.1 Å². The Bertz CT molecular complexity index is 333. The summed E-state index contributed by atoms with van der Waals surface area (Å²) in [6.07, 6.45) is 13.0. The van der Waals surface area contributed by atoms with Gasteiger partial charge in [-0.25, -0.2) is 0 Å². The maximum absolute atomic E-state index is 11.8. The highest BCUT2D eigenvalue weighted by Crippen LogP contribution is 2.20. The minimum atomic E-state index is -0.00895. The molecule has 3 nitrogen and oxygen atoms in total. The topological polar surface area (TPSA) is 55.1 Å². The van der Waals surface area contributed by atoms with Crippen molar-refractivity contribution in [3.05, 3.63) is 23.8 Å². The van der Waals surface area contributed by atoms with E-state index in [1.54, 1.807) is 0 Å². The molecule has 0 radical (unpaired) electrons. The molecular formula is C14H22N2O. The summed E-state index contributed by atoms with van der Waals surface area (Å²) in [6.45, 7) is 0.768. The molecule has 2 atom stereocenters. The number of carbonyl (C=O) groups is 1. The van der Waals surface area contributed by atoms with Gasteiger partial charge in [-0.05, 0) is 38.5 Å². The molecule has 0 aliphatic heterocycles. The van der Waals surface area contributed by atoms with E-state index in [0.717, 1.165) is 19.4 Å². The molecule has 3 heteroatoms. The highest BCUT2D eigenvalue weighted by Gasteiger charge is 2.22. The van der Waals surface area contributed by atoms with Gasteiger partial charge in [0.05, 0.1) is 5.92 Å². The summed E-state index contributed by atoms with van der Waals surface area (Å²) in [4.78, 5) is 11.8. The smallest absolute Gasteiger partial charge is 0.227 e. The molecule has 2 aliphatic carbocycles. The van der Waals surface area contributed by atoms with E-state index in [1.807, 2.05) is 12.2 Å². The van der Waals surface area contributed by atoms with Crippen LogP contribution in [-0.4, -0.2) is 18.5 Å². The predicted molar refractivity (Wildman–Crippen MR) is 69.4 cm³/mol.